The normalized spacial score (nSPS) is 15.2. The van der Waals surface area contributed by atoms with Crippen molar-refractivity contribution in [3.05, 3.63) is 21.9 Å². The summed E-state index contributed by atoms with van der Waals surface area (Å²) < 4.78 is 23.6. The van der Waals surface area contributed by atoms with Gasteiger partial charge in [0.25, 0.3) is 0 Å². The van der Waals surface area contributed by atoms with Crippen molar-refractivity contribution in [1.29, 1.82) is 0 Å². The van der Waals surface area contributed by atoms with Crippen LogP contribution in [0.2, 0.25) is 0 Å². The summed E-state index contributed by atoms with van der Waals surface area (Å²) in [5.41, 5.74) is 0.0907. The molecule has 0 aliphatic heterocycles. The summed E-state index contributed by atoms with van der Waals surface area (Å²) in [7, 11) is -3.16. The third kappa shape index (κ3) is 4.30. The number of nitrogens with one attached hydrogen (secondary N) is 1. The second-order valence-electron chi connectivity index (χ2n) is 7.21. The standard InChI is InChI=1S/C16H29NO2S2/c1-8-11-17-14(16(5,6)21(7,18)19)12-9-10-13(20-12)15(2,3)4/h9-10,14,17H,8,11H2,1-7H3. The van der Waals surface area contributed by atoms with Crippen LogP contribution >= 0.6 is 11.3 Å². The van der Waals surface area contributed by atoms with Gasteiger partial charge in [0, 0.05) is 16.0 Å². The predicted molar refractivity (Wildman–Crippen MR) is 93.0 cm³/mol. The maximum atomic E-state index is 12.2. The average Bonchev–Trinajstić information content (AvgIpc) is 2.76. The summed E-state index contributed by atoms with van der Waals surface area (Å²) >= 11 is 1.71. The minimum Gasteiger partial charge on any atom is -0.308 e. The third-order valence-electron chi connectivity index (χ3n) is 3.90. The summed E-state index contributed by atoms with van der Waals surface area (Å²) in [6.45, 7) is 13.1. The molecular formula is C16H29NO2S2. The van der Waals surface area contributed by atoms with E-state index in [2.05, 4.69) is 45.1 Å². The van der Waals surface area contributed by atoms with Gasteiger partial charge in [-0.25, -0.2) is 8.42 Å². The van der Waals surface area contributed by atoms with Gasteiger partial charge in [-0.05, 0) is 44.4 Å². The maximum Gasteiger partial charge on any atom is 0.154 e. The smallest absolute Gasteiger partial charge is 0.154 e. The van der Waals surface area contributed by atoms with E-state index in [1.807, 2.05) is 13.8 Å². The first-order valence-corrected chi connectivity index (χ1v) is 10.1. The Morgan fingerprint density at radius 1 is 1.19 bits per heavy atom. The zero-order valence-electron chi connectivity index (χ0n) is 14.3. The van der Waals surface area contributed by atoms with E-state index in [0.717, 1.165) is 17.8 Å². The molecule has 0 aliphatic rings. The van der Waals surface area contributed by atoms with Gasteiger partial charge in [-0.2, -0.15) is 0 Å². The van der Waals surface area contributed by atoms with E-state index in [4.69, 9.17) is 0 Å². The molecule has 5 heteroatoms. The van der Waals surface area contributed by atoms with Crippen molar-refractivity contribution >= 4 is 21.2 Å². The van der Waals surface area contributed by atoms with Gasteiger partial charge in [-0.15, -0.1) is 11.3 Å². The maximum absolute atomic E-state index is 12.2. The highest BCUT2D eigenvalue weighted by molar-refractivity contribution is 7.92. The molecule has 0 radical (unpaired) electrons. The van der Waals surface area contributed by atoms with Gasteiger partial charge in [0.15, 0.2) is 9.84 Å². The number of hydrogen-bond donors (Lipinski definition) is 1. The SMILES string of the molecule is CCCNC(c1ccc(C(C)(C)C)s1)C(C)(C)S(C)(=O)=O. The van der Waals surface area contributed by atoms with Crippen molar-refractivity contribution < 1.29 is 8.42 Å². The van der Waals surface area contributed by atoms with Crippen LogP contribution in [0.3, 0.4) is 0 Å². The molecule has 0 amide bonds. The summed E-state index contributed by atoms with van der Waals surface area (Å²) in [5, 5.41) is 3.43. The van der Waals surface area contributed by atoms with E-state index in [-0.39, 0.29) is 11.5 Å². The van der Waals surface area contributed by atoms with Crippen molar-refractivity contribution in [2.24, 2.45) is 0 Å². The first-order valence-electron chi connectivity index (χ1n) is 7.44. The van der Waals surface area contributed by atoms with E-state index in [9.17, 15) is 8.42 Å². The lowest BCUT2D eigenvalue weighted by Gasteiger charge is -2.33. The van der Waals surface area contributed by atoms with Crippen LogP contribution < -0.4 is 5.32 Å². The summed E-state index contributed by atoms with van der Waals surface area (Å²) in [4.78, 5) is 2.38. The van der Waals surface area contributed by atoms with Crippen molar-refractivity contribution in [3.63, 3.8) is 0 Å². The predicted octanol–water partition coefficient (Wildman–Crippen LogP) is 3.91. The summed E-state index contributed by atoms with van der Waals surface area (Å²) in [6.07, 6.45) is 2.31. The summed E-state index contributed by atoms with van der Waals surface area (Å²) in [6, 6.07) is 4.03. The number of rotatable bonds is 6. The Morgan fingerprint density at radius 3 is 2.14 bits per heavy atom. The molecule has 122 valence electrons. The fourth-order valence-corrected chi connectivity index (χ4v) is 4.14. The van der Waals surface area contributed by atoms with Gasteiger partial charge in [0.1, 0.15) is 0 Å². The lowest BCUT2D eigenvalue weighted by molar-refractivity contribution is 0.425. The Hall–Kier alpha value is -0.390. The van der Waals surface area contributed by atoms with Gasteiger partial charge < -0.3 is 5.32 Å². The molecule has 3 nitrogen and oxygen atoms in total. The van der Waals surface area contributed by atoms with E-state index >= 15 is 0 Å². The first kappa shape index (κ1) is 18.7. The molecule has 0 spiro atoms. The zero-order valence-corrected chi connectivity index (χ0v) is 15.9. The van der Waals surface area contributed by atoms with Gasteiger partial charge in [-0.3, -0.25) is 0 Å². The minimum absolute atomic E-state index is 0.0907. The molecule has 1 atom stereocenters. The van der Waals surface area contributed by atoms with Crippen molar-refractivity contribution in [2.75, 3.05) is 12.8 Å². The number of sulfone groups is 1. The second kappa shape index (κ2) is 6.39. The average molecular weight is 332 g/mol. The van der Waals surface area contributed by atoms with Crippen LogP contribution in [0.25, 0.3) is 0 Å². The van der Waals surface area contributed by atoms with Crippen LogP contribution in [0.15, 0.2) is 12.1 Å². The van der Waals surface area contributed by atoms with Crippen LogP contribution in [0.5, 0.6) is 0 Å². The molecule has 1 N–H and O–H groups in total. The molecule has 0 saturated heterocycles. The van der Waals surface area contributed by atoms with E-state index in [1.165, 1.54) is 11.1 Å². The first-order chi connectivity index (χ1) is 9.41. The van der Waals surface area contributed by atoms with Crippen LogP contribution in [0, 0.1) is 0 Å². The van der Waals surface area contributed by atoms with E-state index in [1.54, 1.807) is 11.3 Å². The van der Waals surface area contributed by atoms with Gasteiger partial charge in [-0.1, -0.05) is 27.7 Å². The fourth-order valence-electron chi connectivity index (χ4n) is 2.10. The molecule has 21 heavy (non-hydrogen) atoms. The Labute approximate surface area is 134 Å². The van der Waals surface area contributed by atoms with Crippen LogP contribution in [0.1, 0.15) is 63.8 Å². The highest BCUT2D eigenvalue weighted by atomic mass is 32.2. The minimum atomic E-state index is -3.16. The molecule has 0 aromatic carbocycles. The molecule has 0 bridgehead atoms. The summed E-state index contributed by atoms with van der Waals surface area (Å²) in [5.74, 6) is 0. The van der Waals surface area contributed by atoms with E-state index in [0.29, 0.717) is 0 Å². The molecule has 1 rings (SSSR count). The Balaban J connectivity index is 3.23. The van der Waals surface area contributed by atoms with Crippen molar-refractivity contribution in [1.82, 2.24) is 5.32 Å². The van der Waals surface area contributed by atoms with Gasteiger partial charge >= 0.3 is 0 Å². The Morgan fingerprint density at radius 2 is 1.76 bits per heavy atom. The van der Waals surface area contributed by atoms with Crippen molar-refractivity contribution in [2.45, 2.75) is 64.2 Å². The molecule has 1 heterocycles. The lowest BCUT2D eigenvalue weighted by atomic mass is 9.94. The second-order valence-corrected chi connectivity index (χ2v) is 10.9. The number of hydrogen-bond acceptors (Lipinski definition) is 4. The Bertz CT molecular complexity index is 565. The molecule has 1 unspecified atom stereocenters. The number of thiophene rings is 1. The highest BCUT2D eigenvalue weighted by Gasteiger charge is 2.40. The van der Waals surface area contributed by atoms with Gasteiger partial charge in [0.2, 0.25) is 0 Å². The van der Waals surface area contributed by atoms with Crippen molar-refractivity contribution in [3.8, 4) is 0 Å². The van der Waals surface area contributed by atoms with Crippen LogP contribution in [0.4, 0.5) is 0 Å². The van der Waals surface area contributed by atoms with E-state index < -0.39 is 14.6 Å². The van der Waals surface area contributed by atoms with Crippen LogP contribution in [-0.4, -0.2) is 26.0 Å². The third-order valence-corrected chi connectivity index (χ3v) is 7.62. The van der Waals surface area contributed by atoms with Gasteiger partial charge in [0.05, 0.1) is 10.8 Å². The monoisotopic (exact) mass is 331 g/mol. The topological polar surface area (TPSA) is 46.2 Å². The quantitative estimate of drug-likeness (QED) is 0.859. The molecule has 0 fully saturated rings. The Kier molecular flexibility index (Phi) is 5.67. The molecular weight excluding hydrogens is 302 g/mol. The van der Waals surface area contributed by atoms with Crippen LogP contribution in [-0.2, 0) is 15.3 Å². The lowest BCUT2D eigenvalue weighted by Crippen LogP contribution is -2.44. The molecule has 1 aromatic heterocycles. The highest BCUT2D eigenvalue weighted by Crippen LogP contribution is 2.38. The molecule has 1 aromatic rings. The zero-order chi connectivity index (χ0) is 16.5. The fraction of sp³-hybridized carbons (Fsp3) is 0.750. The molecule has 0 aliphatic carbocycles. The molecule has 0 saturated carbocycles. The largest absolute Gasteiger partial charge is 0.308 e.